The van der Waals surface area contributed by atoms with E-state index in [2.05, 4.69) is 15.4 Å². The van der Waals surface area contributed by atoms with E-state index in [0.717, 1.165) is 11.3 Å². The zero-order valence-electron chi connectivity index (χ0n) is 16.4. The molecule has 1 aromatic heterocycles. The van der Waals surface area contributed by atoms with Gasteiger partial charge >= 0.3 is 0 Å². The molecule has 0 saturated carbocycles. The van der Waals surface area contributed by atoms with E-state index in [9.17, 15) is 18.0 Å². The Morgan fingerprint density at radius 3 is 2.20 bits per heavy atom. The third-order valence-electron chi connectivity index (χ3n) is 4.05. The third kappa shape index (κ3) is 5.46. The number of carbonyl (C=O) groups is 2. The van der Waals surface area contributed by atoms with E-state index >= 15 is 0 Å². The number of nitrogens with one attached hydrogen (secondary N) is 3. The number of benzene rings is 2. The van der Waals surface area contributed by atoms with Gasteiger partial charge in [0.2, 0.25) is 5.91 Å². The summed E-state index contributed by atoms with van der Waals surface area (Å²) in [5, 5.41) is 7.21. The molecule has 0 fully saturated rings. The summed E-state index contributed by atoms with van der Waals surface area (Å²) in [5.74, 6) is -0.687. The molecule has 0 aliphatic carbocycles. The molecule has 0 radical (unpaired) electrons. The Hall–Kier alpha value is -3.17. The summed E-state index contributed by atoms with van der Waals surface area (Å²) in [6, 6.07) is 16.2. The van der Waals surface area contributed by atoms with Crippen molar-refractivity contribution < 1.29 is 18.0 Å². The Morgan fingerprint density at radius 1 is 0.867 bits per heavy atom. The first-order chi connectivity index (χ1) is 14.2. The summed E-state index contributed by atoms with van der Waals surface area (Å²) >= 11 is 1.11. The van der Waals surface area contributed by atoms with Crippen molar-refractivity contribution in [1.82, 2.24) is 0 Å². The van der Waals surface area contributed by atoms with E-state index in [0.29, 0.717) is 11.4 Å². The zero-order chi connectivity index (χ0) is 21.7. The van der Waals surface area contributed by atoms with Gasteiger partial charge in [-0.2, -0.15) is 0 Å². The number of thiophene rings is 1. The van der Waals surface area contributed by atoms with E-state index < -0.39 is 15.9 Å². The summed E-state index contributed by atoms with van der Waals surface area (Å²) in [6.45, 7) is 3.58. The number of sulfonamides is 1. The second-order valence-electron chi connectivity index (χ2n) is 6.80. The van der Waals surface area contributed by atoms with Crippen molar-refractivity contribution in [2.45, 2.75) is 18.1 Å². The van der Waals surface area contributed by atoms with E-state index in [1.165, 1.54) is 12.1 Å². The Kier molecular flexibility index (Phi) is 6.53. The molecule has 30 heavy (non-hydrogen) atoms. The highest BCUT2D eigenvalue weighted by molar-refractivity contribution is 7.94. The second-order valence-corrected chi connectivity index (χ2v) is 9.65. The van der Waals surface area contributed by atoms with Crippen LogP contribution < -0.4 is 15.4 Å². The lowest BCUT2D eigenvalue weighted by atomic mass is 10.1. The van der Waals surface area contributed by atoms with Crippen LogP contribution in [0.3, 0.4) is 0 Å². The molecule has 0 unspecified atom stereocenters. The lowest BCUT2D eigenvalue weighted by Crippen LogP contribution is -2.18. The number of rotatable bonds is 7. The normalized spacial score (nSPS) is 11.2. The minimum atomic E-state index is -3.70. The van der Waals surface area contributed by atoms with Crippen LogP contribution in [0.1, 0.15) is 24.2 Å². The van der Waals surface area contributed by atoms with E-state index in [1.807, 2.05) is 0 Å². The third-order valence-corrected chi connectivity index (χ3v) is 6.83. The van der Waals surface area contributed by atoms with E-state index in [-0.39, 0.29) is 27.3 Å². The molecule has 0 aliphatic rings. The Bertz CT molecular complexity index is 1160. The van der Waals surface area contributed by atoms with Gasteiger partial charge in [-0.05, 0) is 47.8 Å². The van der Waals surface area contributed by atoms with Crippen molar-refractivity contribution in [2.75, 3.05) is 15.4 Å². The number of carbonyl (C=O) groups excluding carboxylic acids is 2. The molecule has 0 aliphatic heterocycles. The maximum atomic E-state index is 12.6. The van der Waals surface area contributed by atoms with Crippen LogP contribution in [0.15, 0.2) is 70.3 Å². The summed E-state index contributed by atoms with van der Waals surface area (Å²) in [4.78, 5) is 24.5. The molecule has 1 heterocycles. The lowest BCUT2D eigenvalue weighted by molar-refractivity contribution is -0.118. The van der Waals surface area contributed by atoms with Crippen molar-refractivity contribution in [3.63, 3.8) is 0 Å². The van der Waals surface area contributed by atoms with Gasteiger partial charge in [-0.1, -0.05) is 32.0 Å². The smallest absolute Gasteiger partial charge is 0.271 e. The van der Waals surface area contributed by atoms with Crippen LogP contribution in [-0.2, 0) is 14.8 Å². The van der Waals surface area contributed by atoms with Gasteiger partial charge in [-0.25, -0.2) is 8.42 Å². The first kappa shape index (κ1) is 21.5. The number of anilines is 3. The van der Waals surface area contributed by atoms with E-state index in [1.54, 1.807) is 67.8 Å². The summed E-state index contributed by atoms with van der Waals surface area (Å²) in [5.41, 5.74) is 1.65. The summed E-state index contributed by atoms with van der Waals surface area (Å²) in [7, 11) is -3.70. The number of amides is 2. The van der Waals surface area contributed by atoms with Gasteiger partial charge in [0.15, 0.2) is 0 Å². The molecule has 3 N–H and O–H groups in total. The van der Waals surface area contributed by atoms with Crippen molar-refractivity contribution in [1.29, 1.82) is 0 Å². The quantitative estimate of drug-likeness (QED) is 0.503. The summed E-state index contributed by atoms with van der Waals surface area (Å²) in [6.07, 6.45) is 0. The predicted molar refractivity (Wildman–Crippen MR) is 119 cm³/mol. The molecule has 2 amide bonds. The average Bonchev–Trinajstić information content (AvgIpc) is 3.24. The molecule has 0 spiro atoms. The van der Waals surface area contributed by atoms with Crippen LogP contribution in [0.4, 0.5) is 17.1 Å². The maximum absolute atomic E-state index is 12.6. The molecular formula is C21H21N3O4S2. The van der Waals surface area contributed by atoms with E-state index in [4.69, 9.17) is 0 Å². The molecule has 0 atom stereocenters. The first-order valence-corrected chi connectivity index (χ1v) is 11.5. The molecule has 3 aromatic rings. The maximum Gasteiger partial charge on any atom is 0.271 e. The Labute approximate surface area is 179 Å². The minimum absolute atomic E-state index is 0.121. The van der Waals surface area contributed by atoms with Crippen LogP contribution in [0.25, 0.3) is 0 Å². The van der Waals surface area contributed by atoms with Gasteiger partial charge in [-0.15, -0.1) is 11.3 Å². The second kappa shape index (κ2) is 9.10. The van der Waals surface area contributed by atoms with Gasteiger partial charge in [0.05, 0.1) is 0 Å². The molecule has 156 valence electrons. The van der Waals surface area contributed by atoms with Crippen LogP contribution in [0.2, 0.25) is 0 Å². The standard InChI is InChI=1S/C21H21N3O4S2/c1-14(2)20(25)22-16-7-4-8-17(13-16)23-21(26)15-6-3-9-18(12-15)24-30(27,28)19-10-5-11-29-19/h3-14,24H,1-2H3,(H,22,25)(H,23,26). The molecule has 2 aromatic carbocycles. The van der Waals surface area contributed by atoms with Gasteiger partial charge in [-0.3, -0.25) is 14.3 Å². The largest absolute Gasteiger partial charge is 0.326 e. The van der Waals surface area contributed by atoms with Gasteiger partial charge in [0.1, 0.15) is 4.21 Å². The fraction of sp³-hybridized carbons (Fsp3) is 0.143. The molecule has 9 heteroatoms. The fourth-order valence-electron chi connectivity index (χ4n) is 2.51. The van der Waals surface area contributed by atoms with Crippen molar-refractivity contribution in [3.8, 4) is 0 Å². The van der Waals surface area contributed by atoms with Gasteiger partial charge in [0.25, 0.3) is 15.9 Å². The number of hydrogen-bond donors (Lipinski definition) is 3. The molecule has 0 saturated heterocycles. The Balaban J connectivity index is 1.72. The number of hydrogen-bond acceptors (Lipinski definition) is 5. The average molecular weight is 444 g/mol. The van der Waals surface area contributed by atoms with Crippen LogP contribution >= 0.6 is 11.3 Å². The van der Waals surface area contributed by atoms with Crippen molar-refractivity contribution in [2.24, 2.45) is 5.92 Å². The highest BCUT2D eigenvalue weighted by atomic mass is 32.2. The van der Waals surface area contributed by atoms with Gasteiger partial charge < -0.3 is 10.6 Å². The molecule has 7 nitrogen and oxygen atoms in total. The topological polar surface area (TPSA) is 104 Å². The molecular weight excluding hydrogens is 422 g/mol. The monoisotopic (exact) mass is 443 g/mol. The van der Waals surface area contributed by atoms with Gasteiger partial charge in [0, 0.05) is 28.5 Å². The highest BCUT2D eigenvalue weighted by Crippen LogP contribution is 2.22. The SMILES string of the molecule is CC(C)C(=O)Nc1cccc(NC(=O)c2cccc(NS(=O)(=O)c3cccs3)c2)c1. The van der Waals surface area contributed by atoms with Crippen LogP contribution in [-0.4, -0.2) is 20.2 Å². The predicted octanol–water partition coefficient (Wildman–Crippen LogP) is 4.40. The van der Waals surface area contributed by atoms with Crippen molar-refractivity contribution in [3.05, 3.63) is 71.6 Å². The summed E-state index contributed by atoms with van der Waals surface area (Å²) < 4.78 is 27.4. The molecule has 3 rings (SSSR count). The first-order valence-electron chi connectivity index (χ1n) is 9.13. The van der Waals surface area contributed by atoms with Crippen LogP contribution in [0, 0.1) is 5.92 Å². The lowest BCUT2D eigenvalue weighted by Gasteiger charge is -2.11. The van der Waals surface area contributed by atoms with Crippen LogP contribution in [0.5, 0.6) is 0 Å². The van der Waals surface area contributed by atoms with Crippen molar-refractivity contribution >= 4 is 50.2 Å². The Morgan fingerprint density at radius 2 is 1.53 bits per heavy atom. The highest BCUT2D eigenvalue weighted by Gasteiger charge is 2.16. The molecule has 0 bridgehead atoms. The minimum Gasteiger partial charge on any atom is -0.326 e. The zero-order valence-corrected chi connectivity index (χ0v) is 18.0. The fourth-order valence-corrected chi connectivity index (χ4v) is 4.55.